The highest BCUT2D eigenvalue weighted by Gasteiger charge is 2.33. The Morgan fingerprint density at radius 3 is 2.07 bits per heavy atom. The molecule has 0 radical (unpaired) electrons. The van der Waals surface area contributed by atoms with Crippen LogP contribution in [-0.2, 0) is 4.79 Å². The monoisotopic (exact) mass is 197 g/mol. The third kappa shape index (κ3) is 1.91. The van der Waals surface area contributed by atoms with Gasteiger partial charge in [-0.15, -0.1) is 0 Å². The van der Waals surface area contributed by atoms with Crippen molar-refractivity contribution in [1.29, 1.82) is 0 Å². The third-order valence-electron chi connectivity index (χ3n) is 3.23. The van der Waals surface area contributed by atoms with Gasteiger partial charge in [-0.25, -0.2) is 0 Å². The minimum atomic E-state index is 0.281. The van der Waals surface area contributed by atoms with Crippen LogP contribution in [0.15, 0.2) is 0 Å². The highest BCUT2D eigenvalue weighted by atomic mass is 16.2. The van der Waals surface area contributed by atoms with E-state index >= 15 is 0 Å². The number of nitrogens with zero attached hydrogens (tertiary/aromatic N) is 3. The van der Waals surface area contributed by atoms with Crippen molar-refractivity contribution in [1.82, 2.24) is 14.7 Å². The maximum atomic E-state index is 11.9. The molecule has 2 rings (SSSR count). The van der Waals surface area contributed by atoms with Gasteiger partial charge >= 0.3 is 0 Å². The van der Waals surface area contributed by atoms with E-state index in [0.717, 1.165) is 39.3 Å². The van der Waals surface area contributed by atoms with Crippen LogP contribution in [0.5, 0.6) is 0 Å². The summed E-state index contributed by atoms with van der Waals surface area (Å²) in [5.74, 6) is 0.652. The van der Waals surface area contributed by atoms with Crippen LogP contribution in [0.1, 0.15) is 0 Å². The molecule has 4 nitrogen and oxygen atoms in total. The number of carbonyl (C=O) groups excluding carboxylic acids is 1. The maximum Gasteiger partial charge on any atom is 0.228 e. The standard InChI is InChI=1S/C10H19N3O/c1-11-3-5-13(6-4-11)10(14)9-7-12(2)8-9/h9H,3-8H2,1-2H3. The fourth-order valence-electron chi connectivity index (χ4n) is 2.14. The van der Waals surface area contributed by atoms with Crippen LogP contribution in [0.3, 0.4) is 0 Å². The number of hydrogen-bond acceptors (Lipinski definition) is 3. The van der Waals surface area contributed by atoms with E-state index in [2.05, 4.69) is 23.9 Å². The Hall–Kier alpha value is -0.610. The molecule has 0 bridgehead atoms. The number of likely N-dealkylation sites (tertiary alicyclic amines) is 1. The van der Waals surface area contributed by atoms with Crippen molar-refractivity contribution in [3.05, 3.63) is 0 Å². The summed E-state index contributed by atoms with van der Waals surface area (Å²) in [4.78, 5) is 18.4. The number of hydrogen-bond donors (Lipinski definition) is 0. The first-order valence-electron chi connectivity index (χ1n) is 5.32. The van der Waals surface area contributed by atoms with Crippen LogP contribution in [0.25, 0.3) is 0 Å². The van der Waals surface area contributed by atoms with Gasteiger partial charge < -0.3 is 14.7 Å². The Kier molecular flexibility index (Phi) is 2.74. The summed E-state index contributed by atoms with van der Waals surface area (Å²) >= 11 is 0. The minimum Gasteiger partial charge on any atom is -0.340 e. The van der Waals surface area contributed by atoms with Gasteiger partial charge in [-0.2, -0.15) is 0 Å². The SMILES string of the molecule is CN1CCN(C(=O)C2CN(C)C2)CC1. The summed E-state index contributed by atoms with van der Waals surface area (Å²) in [5.41, 5.74) is 0. The predicted octanol–water partition coefficient (Wildman–Crippen LogP) is -0.678. The Bertz CT molecular complexity index is 217. The molecule has 2 saturated heterocycles. The molecule has 0 unspecified atom stereocenters. The number of amides is 1. The van der Waals surface area contributed by atoms with Gasteiger partial charge in [-0.3, -0.25) is 4.79 Å². The van der Waals surface area contributed by atoms with Crippen molar-refractivity contribution >= 4 is 5.91 Å². The fourth-order valence-corrected chi connectivity index (χ4v) is 2.14. The average Bonchev–Trinajstić information content (AvgIpc) is 2.13. The van der Waals surface area contributed by atoms with E-state index in [-0.39, 0.29) is 5.92 Å². The van der Waals surface area contributed by atoms with Crippen LogP contribution in [-0.4, -0.2) is 74.0 Å². The lowest BCUT2D eigenvalue weighted by Gasteiger charge is -2.40. The van der Waals surface area contributed by atoms with Crippen molar-refractivity contribution in [3.8, 4) is 0 Å². The van der Waals surface area contributed by atoms with Gasteiger partial charge in [-0.05, 0) is 14.1 Å². The van der Waals surface area contributed by atoms with Gasteiger partial charge in [0.05, 0.1) is 5.92 Å². The van der Waals surface area contributed by atoms with E-state index in [1.54, 1.807) is 0 Å². The smallest absolute Gasteiger partial charge is 0.228 e. The number of piperazine rings is 1. The minimum absolute atomic E-state index is 0.281. The molecule has 0 aromatic carbocycles. The van der Waals surface area contributed by atoms with E-state index < -0.39 is 0 Å². The Labute approximate surface area is 85.5 Å². The van der Waals surface area contributed by atoms with E-state index in [9.17, 15) is 4.79 Å². The summed E-state index contributed by atoms with van der Waals surface area (Å²) in [7, 11) is 4.17. The summed E-state index contributed by atoms with van der Waals surface area (Å²) in [6.07, 6.45) is 0. The maximum absolute atomic E-state index is 11.9. The lowest BCUT2D eigenvalue weighted by atomic mass is 9.99. The van der Waals surface area contributed by atoms with Crippen molar-refractivity contribution in [2.24, 2.45) is 5.92 Å². The molecular weight excluding hydrogens is 178 g/mol. The first kappa shape index (κ1) is 9.93. The molecule has 14 heavy (non-hydrogen) atoms. The summed E-state index contributed by atoms with van der Waals surface area (Å²) in [6, 6.07) is 0. The predicted molar refractivity (Wildman–Crippen MR) is 55.1 cm³/mol. The number of rotatable bonds is 1. The molecular formula is C10H19N3O. The molecule has 2 fully saturated rings. The highest BCUT2D eigenvalue weighted by Crippen LogP contribution is 2.16. The molecule has 0 N–H and O–H groups in total. The van der Waals surface area contributed by atoms with Crippen molar-refractivity contribution in [3.63, 3.8) is 0 Å². The second-order valence-electron chi connectivity index (χ2n) is 4.55. The normalized spacial score (nSPS) is 26.3. The Morgan fingerprint density at radius 2 is 1.57 bits per heavy atom. The van der Waals surface area contributed by atoms with Crippen molar-refractivity contribution in [2.75, 3.05) is 53.4 Å². The van der Waals surface area contributed by atoms with Gasteiger partial charge in [0.1, 0.15) is 0 Å². The van der Waals surface area contributed by atoms with Crippen molar-refractivity contribution < 1.29 is 4.79 Å². The molecule has 2 aliphatic heterocycles. The third-order valence-corrected chi connectivity index (χ3v) is 3.23. The molecule has 1 amide bonds. The fraction of sp³-hybridized carbons (Fsp3) is 0.900. The van der Waals surface area contributed by atoms with E-state index in [0.29, 0.717) is 5.91 Å². The number of carbonyl (C=O) groups is 1. The summed E-state index contributed by atoms with van der Waals surface area (Å²) in [6.45, 7) is 5.77. The topological polar surface area (TPSA) is 26.8 Å². The van der Waals surface area contributed by atoms with Gasteiger partial charge in [0, 0.05) is 39.3 Å². The van der Waals surface area contributed by atoms with E-state index in [1.165, 1.54) is 0 Å². The zero-order valence-electron chi connectivity index (χ0n) is 9.07. The molecule has 2 aliphatic rings. The van der Waals surface area contributed by atoms with Crippen LogP contribution < -0.4 is 0 Å². The molecule has 4 heteroatoms. The lowest BCUT2D eigenvalue weighted by Crippen LogP contribution is -2.56. The van der Waals surface area contributed by atoms with Gasteiger partial charge in [0.15, 0.2) is 0 Å². The zero-order chi connectivity index (χ0) is 10.1. The van der Waals surface area contributed by atoms with Crippen LogP contribution in [0.2, 0.25) is 0 Å². The van der Waals surface area contributed by atoms with Gasteiger partial charge in [-0.1, -0.05) is 0 Å². The summed E-state index contributed by atoms with van der Waals surface area (Å²) < 4.78 is 0. The quantitative estimate of drug-likeness (QED) is 0.557. The average molecular weight is 197 g/mol. The second kappa shape index (κ2) is 3.87. The van der Waals surface area contributed by atoms with E-state index in [1.807, 2.05) is 4.90 Å². The Morgan fingerprint density at radius 1 is 1.00 bits per heavy atom. The largest absolute Gasteiger partial charge is 0.340 e. The molecule has 0 aromatic rings. The van der Waals surface area contributed by atoms with Gasteiger partial charge in [0.2, 0.25) is 5.91 Å². The van der Waals surface area contributed by atoms with E-state index in [4.69, 9.17) is 0 Å². The number of likely N-dealkylation sites (N-methyl/N-ethyl adjacent to an activating group) is 1. The first-order chi connectivity index (χ1) is 6.66. The molecule has 0 spiro atoms. The molecule has 80 valence electrons. The molecule has 0 aromatic heterocycles. The van der Waals surface area contributed by atoms with Gasteiger partial charge in [0.25, 0.3) is 0 Å². The molecule has 0 atom stereocenters. The van der Waals surface area contributed by atoms with Crippen LogP contribution in [0, 0.1) is 5.92 Å². The second-order valence-corrected chi connectivity index (χ2v) is 4.55. The van der Waals surface area contributed by atoms with Crippen LogP contribution >= 0.6 is 0 Å². The molecule has 0 aliphatic carbocycles. The molecule has 2 heterocycles. The zero-order valence-corrected chi connectivity index (χ0v) is 9.07. The molecule has 0 saturated carbocycles. The summed E-state index contributed by atoms with van der Waals surface area (Å²) in [5, 5.41) is 0. The Balaban J connectivity index is 1.81. The lowest BCUT2D eigenvalue weighted by molar-refractivity contribution is -0.142. The van der Waals surface area contributed by atoms with Crippen LogP contribution in [0.4, 0.5) is 0 Å². The first-order valence-corrected chi connectivity index (χ1v) is 5.32. The highest BCUT2D eigenvalue weighted by molar-refractivity contribution is 5.80. The van der Waals surface area contributed by atoms with Crippen molar-refractivity contribution in [2.45, 2.75) is 0 Å².